The van der Waals surface area contributed by atoms with Crippen LogP contribution in [0, 0.1) is 11.8 Å². The van der Waals surface area contributed by atoms with Gasteiger partial charge in [-0.25, -0.2) is 0 Å². The molecule has 0 radical (unpaired) electrons. The van der Waals surface area contributed by atoms with Gasteiger partial charge in [-0.05, 0) is 33.2 Å². The van der Waals surface area contributed by atoms with Crippen molar-refractivity contribution in [2.45, 2.75) is 78.3 Å². The van der Waals surface area contributed by atoms with Crippen LogP contribution < -0.4 is 0 Å². The summed E-state index contributed by atoms with van der Waals surface area (Å²) in [5.41, 5.74) is 0. The van der Waals surface area contributed by atoms with Gasteiger partial charge in [0.05, 0.1) is 6.04 Å². The van der Waals surface area contributed by atoms with Gasteiger partial charge in [-0.2, -0.15) is 0 Å². The molecule has 0 aromatic rings. The Bertz CT molecular complexity index is 254. The second-order valence-electron chi connectivity index (χ2n) is 6.57. The van der Waals surface area contributed by atoms with E-state index in [2.05, 4.69) is 25.8 Å². The topological polar surface area (TPSA) is 20.3 Å². The van der Waals surface area contributed by atoms with Crippen molar-refractivity contribution in [1.82, 2.24) is 4.90 Å². The highest BCUT2D eigenvalue weighted by atomic mass is 16.1. The average Bonchev–Trinajstić information content (AvgIpc) is 2.35. The fourth-order valence-electron chi connectivity index (χ4n) is 2.97. The lowest BCUT2D eigenvalue weighted by Gasteiger charge is -2.35. The zero-order chi connectivity index (χ0) is 13.7. The first kappa shape index (κ1) is 15.7. The van der Waals surface area contributed by atoms with E-state index in [1.165, 1.54) is 32.1 Å². The van der Waals surface area contributed by atoms with Crippen LogP contribution in [0.1, 0.15) is 66.2 Å². The quantitative estimate of drug-likeness (QED) is 0.716. The molecule has 0 spiro atoms. The van der Waals surface area contributed by atoms with Gasteiger partial charge in [0.25, 0.3) is 0 Å². The van der Waals surface area contributed by atoms with Gasteiger partial charge in [0.15, 0.2) is 5.78 Å². The molecule has 1 aliphatic rings. The van der Waals surface area contributed by atoms with Crippen molar-refractivity contribution in [2.75, 3.05) is 7.05 Å². The maximum Gasteiger partial charge on any atom is 0.152 e. The molecule has 1 unspecified atom stereocenters. The number of nitrogens with zero attached hydrogens (tertiary/aromatic N) is 1. The summed E-state index contributed by atoms with van der Waals surface area (Å²) in [4.78, 5) is 14.7. The van der Waals surface area contributed by atoms with Gasteiger partial charge in [-0.15, -0.1) is 0 Å². The fourth-order valence-corrected chi connectivity index (χ4v) is 2.97. The number of carbonyl (C=O) groups excluding carboxylic acids is 1. The molecule has 1 aliphatic carbocycles. The van der Waals surface area contributed by atoms with Crippen molar-refractivity contribution in [3.8, 4) is 0 Å². The van der Waals surface area contributed by atoms with E-state index in [1.807, 2.05) is 13.8 Å². The molecule has 18 heavy (non-hydrogen) atoms. The summed E-state index contributed by atoms with van der Waals surface area (Å²) in [5, 5.41) is 0. The molecule has 1 saturated carbocycles. The van der Waals surface area contributed by atoms with E-state index in [1.54, 1.807) is 0 Å². The van der Waals surface area contributed by atoms with E-state index in [-0.39, 0.29) is 12.0 Å². The zero-order valence-corrected chi connectivity index (χ0v) is 12.9. The largest absolute Gasteiger partial charge is 0.298 e. The van der Waals surface area contributed by atoms with Crippen LogP contribution in [0.2, 0.25) is 0 Å². The minimum atomic E-state index is 0.132. The minimum Gasteiger partial charge on any atom is -0.298 e. The third-order valence-corrected chi connectivity index (χ3v) is 4.48. The number of ketones is 1. The molecular weight excluding hydrogens is 222 g/mol. The first-order valence-corrected chi connectivity index (χ1v) is 7.69. The van der Waals surface area contributed by atoms with Crippen molar-refractivity contribution in [1.29, 1.82) is 0 Å². The van der Waals surface area contributed by atoms with Crippen LogP contribution in [0.25, 0.3) is 0 Å². The number of Topliss-reactive ketones (excluding diaryl/α,β-unsaturated/α-hetero) is 1. The maximum atomic E-state index is 12.4. The van der Waals surface area contributed by atoms with Crippen LogP contribution in [0.4, 0.5) is 0 Å². The summed E-state index contributed by atoms with van der Waals surface area (Å²) in [6, 6.07) is 0.578. The molecule has 0 bridgehead atoms. The molecule has 2 heteroatoms. The van der Waals surface area contributed by atoms with Crippen LogP contribution in [0.15, 0.2) is 0 Å². The smallest absolute Gasteiger partial charge is 0.152 e. The number of hydrogen-bond acceptors (Lipinski definition) is 2. The summed E-state index contributed by atoms with van der Waals surface area (Å²) in [7, 11) is 2.11. The average molecular weight is 253 g/mol. The first-order chi connectivity index (χ1) is 8.43. The molecule has 1 atom stereocenters. The first-order valence-electron chi connectivity index (χ1n) is 7.69. The second-order valence-corrected chi connectivity index (χ2v) is 6.57. The summed E-state index contributed by atoms with van der Waals surface area (Å²) < 4.78 is 0. The van der Waals surface area contributed by atoms with Crippen molar-refractivity contribution in [2.24, 2.45) is 11.8 Å². The van der Waals surface area contributed by atoms with Crippen molar-refractivity contribution in [3.63, 3.8) is 0 Å². The Morgan fingerprint density at radius 2 is 1.67 bits per heavy atom. The molecule has 0 saturated heterocycles. The van der Waals surface area contributed by atoms with Gasteiger partial charge in [0.1, 0.15) is 0 Å². The van der Waals surface area contributed by atoms with Crippen molar-refractivity contribution >= 4 is 5.78 Å². The third-order valence-electron chi connectivity index (χ3n) is 4.48. The van der Waals surface area contributed by atoms with E-state index in [4.69, 9.17) is 0 Å². The number of likely N-dealkylation sites (N-methyl/N-ethyl adjacent to an activating group) is 1. The number of rotatable bonds is 6. The SMILES string of the molecule is CC(C)C(=O)C(CC1CCCCC1)N(C)C(C)C. The predicted molar refractivity (Wildman–Crippen MR) is 77.7 cm³/mol. The van der Waals surface area contributed by atoms with Gasteiger partial charge in [0, 0.05) is 12.0 Å². The molecule has 0 N–H and O–H groups in total. The lowest BCUT2D eigenvalue weighted by molar-refractivity contribution is -0.128. The van der Waals surface area contributed by atoms with Crippen LogP contribution in [0.5, 0.6) is 0 Å². The van der Waals surface area contributed by atoms with E-state index >= 15 is 0 Å². The molecule has 1 fully saturated rings. The van der Waals surface area contributed by atoms with Gasteiger partial charge in [-0.3, -0.25) is 9.69 Å². The molecule has 0 aromatic carbocycles. The fraction of sp³-hybridized carbons (Fsp3) is 0.938. The molecule has 2 nitrogen and oxygen atoms in total. The van der Waals surface area contributed by atoms with E-state index in [0.29, 0.717) is 11.8 Å². The van der Waals surface area contributed by atoms with Gasteiger partial charge >= 0.3 is 0 Å². The Labute approximate surface area is 113 Å². The molecule has 0 amide bonds. The Balaban J connectivity index is 2.67. The highest BCUT2D eigenvalue weighted by Crippen LogP contribution is 2.29. The van der Waals surface area contributed by atoms with Crippen molar-refractivity contribution < 1.29 is 4.79 Å². The molecule has 1 rings (SSSR count). The van der Waals surface area contributed by atoms with Crippen LogP contribution in [-0.4, -0.2) is 29.8 Å². The van der Waals surface area contributed by atoms with Gasteiger partial charge < -0.3 is 0 Å². The molecule has 106 valence electrons. The van der Waals surface area contributed by atoms with Crippen molar-refractivity contribution in [3.05, 3.63) is 0 Å². The lowest BCUT2D eigenvalue weighted by atomic mass is 9.82. The van der Waals surface area contributed by atoms with E-state index < -0.39 is 0 Å². The number of carbonyl (C=O) groups is 1. The summed E-state index contributed by atoms with van der Waals surface area (Å²) in [6.07, 6.45) is 7.84. The van der Waals surface area contributed by atoms with Crippen LogP contribution >= 0.6 is 0 Å². The summed E-state index contributed by atoms with van der Waals surface area (Å²) in [5.74, 6) is 1.35. The lowest BCUT2D eigenvalue weighted by Crippen LogP contribution is -2.45. The van der Waals surface area contributed by atoms with Crippen LogP contribution in [0.3, 0.4) is 0 Å². The molecule has 0 aliphatic heterocycles. The van der Waals surface area contributed by atoms with E-state index in [9.17, 15) is 4.79 Å². The third kappa shape index (κ3) is 4.38. The standard InChI is InChI=1S/C16H31NO/c1-12(2)16(18)15(17(5)13(3)4)11-14-9-7-6-8-10-14/h12-15H,6-11H2,1-5H3. The Morgan fingerprint density at radius 1 is 1.11 bits per heavy atom. The molecule has 0 heterocycles. The Morgan fingerprint density at radius 3 is 2.11 bits per heavy atom. The number of hydrogen-bond donors (Lipinski definition) is 0. The predicted octanol–water partition coefficient (Wildman–Crippen LogP) is 3.89. The summed E-state index contributed by atoms with van der Waals surface area (Å²) in [6.45, 7) is 8.43. The normalized spacial score (nSPS) is 19.8. The molecular formula is C16H31NO. The molecule has 0 aromatic heterocycles. The highest BCUT2D eigenvalue weighted by molar-refractivity contribution is 5.85. The highest BCUT2D eigenvalue weighted by Gasteiger charge is 2.29. The minimum absolute atomic E-state index is 0.132. The van der Waals surface area contributed by atoms with Gasteiger partial charge in [-0.1, -0.05) is 46.0 Å². The van der Waals surface area contributed by atoms with E-state index in [0.717, 1.165) is 12.3 Å². The zero-order valence-electron chi connectivity index (χ0n) is 12.9. The monoisotopic (exact) mass is 253 g/mol. The van der Waals surface area contributed by atoms with Crippen LogP contribution in [-0.2, 0) is 4.79 Å². The Kier molecular flexibility index (Phi) is 6.34. The second kappa shape index (κ2) is 7.28. The maximum absolute atomic E-state index is 12.4. The Hall–Kier alpha value is -0.370. The summed E-state index contributed by atoms with van der Waals surface area (Å²) >= 11 is 0. The van der Waals surface area contributed by atoms with Gasteiger partial charge in [0.2, 0.25) is 0 Å².